The lowest BCUT2D eigenvalue weighted by atomic mass is 10.1. The van der Waals surface area contributed by atoms with E-state index >= 15 is 0 Å². The summed E-state index contributed by atoms with van der Waals surface area (Å²) in [4.78, 5) is 15.5. The summed E-state index contributed by atoms with van der Waals surface area (Å²) in [5.74, 6) is -0.0164. The number of fused-ring (bicyclic) bond motifs is 1. The normalized spacial score (nSPS) is 10.8. The fraction of sp³-hybridized carbons (Fsp3) is 0.118. The number of carbonyl (C=O) groups is 1. The highest BCUT2D eigenvalue weighted by molar-refractivity contribution is 6.07. The Balaban J connectivity index is 1.94. The number of hydrogen-bond donors (Lipinski definition) is 3. The van der Waals surface area contributed by atoms with Gasteiger partial charge in [0.15, 0.2) is 0 Å². The molecule has 0 spiro atoms. The van der Waals surface area contributed by atoms with Crippen molar-refractivity contribution in [3.63, 3.8) is 0 Å². The monoisotopic (exact) mass is 280 g/mol. The van der Waals surface area contributed by atoms with Gasteiger partial charge in [-0.2, -0.15) is 0 Å². The predicted molar refractivity (Wildman–Crippen MR) is 83.8 cm³/mol. The Morgan fingerprint density at radius 3 is 2.52 bits per heavy atom. The van der Waals surface area contributed by atoms with Crippen LogP contribution in [0.3, 0.4) is 0 Å². The third-order valence-electron chi connectivity index (χ3n) is 3.57. The van der Waals surface area contributed by atoms with Gasteiger partial charge < -0.3 is 15.4 Å². The number of benzene rings is 2. The van der Waals surface area contributed by atoms with Gasteiger partial charge in [0.2, 0.25) is 0 Å². The Hall–Kier alpha value is -2.75. The molecular formula is C17H16N2O2. The molecule has 3 aromatic rings. The molecule has 0 radical (unpaired) electrons. The van der Waals surface area contributed by atoms with Crippen molar-refractivity contribution in [2.24, 2.45) is 0 Å². The molecule has 2 aromatic carbocycles. The van der Waals surface area contributed by atoms with Crippen LogP contribution in [-0.2, 0) is 0 Å². The second-order valence-corrected chi connectivity index (χ2v) is 5.18. The minimum Gasteiger partial charge on any atom is -0.508 e. The molecule has 1 heterocycles. The molecular weight excluding hydrogens is 264 g/mol. The van der Waals surface area contributed by atoms with E-state index in [9.17, 15) is 9.90 Å². The Morgan fingerprint density at radius 2 is 1.81 bits per heavy atom. The third-order valence-corrected chi connectivity index (χ3v) is 3.57. The summed E-state index contributed by atoms with van der Waals surface area (Å²) in [6.07, 6.45) is 0. The largest absolute Gasteiger partial charge is 0.508 e. The number of anilines is 1. The summed E-state index contributed by atoms with van der Waals surface area (Å²) < 4.78 is 0. The van der Waals surface area contributed by atoms with Gasteiger partial charge in [-0.15, -0.1) is 0 Å². The minimum atomic E-state index is -0.188. The number of carbonyl (C=O) groups excluding carboxylic acids is 1. The maximum atomic E-state index is 12.4. The molecule has 3 rings (SSSR count). The van der Waals surface area contributed by atoms with E-state index in [1.165, 1.54) is 12.1 Å². The highest BCUT2D eigenvalue weighted by atomic mass is 16.3. The summed E-state index contributed by atoms with van der Waals surface area (Å²) in [6, 6.07) is 12.5. The van der Waals surface area contributed by atoms with Crippen molar-refractivity contribution in [1.29, 1.82) is 0 Å². The Kier molecular flexibility index (Phi) is 3.14. The zero-order valence-corrected chi connectivity index (χ0v) is 11.9. The number of phenols is 1. The number of rotatable bonds is 2. The van der Waals surface area contributed by atoms with Crippen molar-refractivity contribution in [1.82, 2.24) is 4.98 Å². The average Bonchev–Trinajstić information content (AvgIpc) is 2.79. The first-order chi connectivity index (χ1) is 10.0. The predicted octanol–water partition coefficient (Wildman–Crippen LogP) is 3.74. The van der Waals surface area contributed by atoms with Gasteiger partial charge in [0.25, 0.3) is 5.91 Å². The van der Waals surface area contributed by atoms with E-state index in [1.54, 1.807) is 12.1 Å². The second-order valence-electron chi connectivity index (χ2n) is 5.18. The molecule has 4 nitrogen and oxygen atoms in total. The van der Waals surface area contributed by atoms with E-state index in [4.69, 9.17) is 0 Å². The van der Waals surface area contributed by atoms with Gasteiger partial charge in [-0.05, 0) is 55.8 Å². The van der Waals surface area contributed by atoms with Crippen LogP contribution < -0.4 is 5.32 Å². The van der Waals surface area contributed by atoms with E-state index in [0.29, 0.717) is 11.4 Å². The summed E-state index contributed by atoms with van der Waals surface area (Å²) >= 11 is 0. The van der Waals surface area contributed by atoms with Crippen LogP contribution in [0, 0.1) is 13.8 Å². The number of amides is 1. The van der Waals surface area contributed by atoms with Crippen molar-refractivity contribution in [3.05, 3.63) is 59.3 Å². The van der Waals surface area contributed by atoms with Gasteiger partial charge >= 0.3 is 0 Å². The number of aromatic nitrogens is 1. The molecule has 3 N–H and O–H groups in total. The molecule has 0 saturated carbocycles. The molecule has 1 aromatic heterocycles. The van der Waals surface area contributed by atoms with Crippen LogP contribution in [0.5, 0.6) is 5.75 Å². The Labute approximate surface area is 122 Å². The number of phenolic OH excluding ortho intramolecular Hbond substituents is 1. The van der Waals surface area contributed by atoms with Crippen molar-refractivity contribution in [3.8, 4) is 5.75 Å². The molecule has 0 unspecified atom stereocenters. The number of aromatic amines is 1. The van der Waals surface area contributed by atoms with Gasteiger partial charge in [0.05, 0.1) is 0 Å². The lowest BCUT2D eigenvalue weighted by molar-refractivity contribution is 0.102. The van der Waals surface area contributed by atoms with Crippen LogP contribution in [0.25, 0.3) is 10.9 Å². The molecule has 21 heavy (non-hydrogen) atoms. The van der Waals surface area contributed by atoms with E-state index in [2.05, 4.69) is 16.4 Å². The summed E-state index contributed by atoms with van der Waals surface area (Å²) in [5, 5.41) is 13.1. The fourth-order valence-electron chi connectivity index (χ4n) is 2.41. The summed E-state index contributed by atoms with van der Waals surface area (Å²) in [6.45, 7) is 3.96. The molecule has 0 aliphatic carbocycles. The maximum Gasteiger partial charge on any atom is 0.272 e. The lowest BCUT2D eigenvalue weighted by Gasteiger charge is -2.04. The first kappa shape index (κ1) is 13.2. The van der Waals surface area contributed by atoms with Crippen LogP contribution in [0.15, 0.2) is 42.5 Å². The molecule has 0 saturated heterocycles. The van der Waals surface area contributed by atoms with Crippen LogP contribution in [0.1, 0.15) is 21.6 Å². The number of hydrogen-bond acceptors (Lipinski definition) is 2. The number of aryl methyl sites for hydroxylation is 2. The van der Waals surface area contributed by atoms with E-state index in [-0.39, 0.29) is 11.7 Å². The van der Waals surface area contributed by atoms with Crippen LogP contribution in [0.4, 0.5) is 5.69 Å². The number of aromatic hydroxyl groups is 1. The van der Waals surface area contributed by atoms with Gasteiger partial charge in [0, 0.05) is 16.6 Å². The van der Waals surface area contributed by atoms with Crippen molar-refractivity contribution in [2.45, 2.75) is 13.8 Å². The SMILES string of the molecule is Cc1ccc2[nH]c(C(=O)Nc3ccc(O)cc3)c(C)c2c1. The van der Waals surface area contributed by atoms with Crippen LogP contribution in [0.2, 0.25) is 0 Å². The average molecular weight is 280 g/mol. The van der Waals surface area contributed by atoms with Crippen molar-refractivity contribution < 1.29 is 9.90 Å². The van der Waals surface area contributed by atoms with Crippen LogP contribution in [-0.4, -0.2) is 16.0 Å². The van der Waals surface area contributed by atoms with Crippen molar-refractivity contribution >= 4 is 22.5 Å². The first-order valence-corrected chi connectivity index (χ1v) is 6.74. The first-order valence-electron chi connectivity index (χ1n) is 6.74. The highest BCUT2D eigenvalue weighted by Gasteiger charge is 2.14. The molecule has 0 aliphatic heterocycles. The molecule has 4 heteroatoms. The van der Waals surface area contributed by atoms with Crippen LogP contribution >= 0.6 is 0 Å². The standard InChI is InChI=1S/C17H16N2O2/c1-10-3-8-15-14(9-10)11(2)16(19-15)17(21)18-12-4-6-13(20)7-5-12/h3-9,19-20H,1-2H3,(H,18,21). The van der Waals surface area contributed by atoms with Gasteiger partial charge in [0.1, 0.15) is 11.4 Å². The van der Waals surface area contributed by atoms with Crippen molar-refractivity contribution in [2.75, 3.05) is 5.32 Å². The fourth-order valence-corrected chi connectivity index (χ4v) is 2.41. The zero-order chi connectivity index (χ0) is 15.0. The van der Waals surface area contributed by atoms with Gasteiger partial charge in [-0.3, -0.25) is 4.79 Å². The highest BCUT2D eigenvalue weighted by Crippen LogP contribution is 2.24. The Bertz CT molecular complexity index is 817. The number of nitrogens with one attached hydrogen (secondary N) is 2. The molecule has 0 atom stereocenters. The summed E-state index contributed by atoms with van der Waals surface area (Å²) in [7, 11) is 0. The quantitative estimate of drug-likeness (QED) is 0.626. The maximum absolute atomic E-state index is 12.4. The molecule has 0 aliphatic rings. The molecule has 1 amide bonds. The minimum absolute atomic E-state index is 0.172. The van der Waals surface area contributed by atoms with E-state index < -0.39 is 0 Å². The third kappa shape index (κ3) is 2.48. The lowest BCUT2D eigenvalue weighted by Crippen LogP contribution is -2.13. The Morgan fingerprint density at radius 1 is 1.10 bits per heavy atom. The topological polar surface area (TPSA) is 65.1 Å². The number of H-pyrrole nitrogens is 1. The van der Waals surface area contributed by atoms with Gasteiger partial charge in [-0.25, -0.2) is 0 Å². The molecule has 106 valence electrons. The van der Waals surface area contributed by atoms with Gasteiger partial charge in [-0.1, -0.05) is 11.6 Å². The smallest absolute Gasteiger partial charge is 0.272 e. The van der Waals surface area contributed by atoms with E-state index in [0.717, 1.165) is 22.0 Å². The van der Waals surface area contributed by atoms with E-state index in [1.807, 2.05) is 26.0 Å². The zero-order valence-electron chi connectivity index (χ0n) is 11.9. The molecule has 0 bridgehead atoms. The second kappa shape index (κ2) is 4.98. The molecule has 0 fully saturated rings. The summed E-state index contributed by atoms with van der Waals surface area (Å²) in [5.41, 5.74) is 4.25.